The number of hydrogen-bond donors (Lipinski definition) is 3. The smallest absolute Gasteiger partial charge is 0.319 e. The number of rotatable bonds is 5. The average Bonchev–Trinajstić information content (AvgIpc) is 3.15. The molecule has 0 spiro atoms. The van der Waals surface area contributed by atoms with E-state index in [2.05, 4.69) is 15.6 Å². The van der Waals surface area contributed by atoms with Crippen molar-refractivity contribution in [3.8, 4) is 0 Å². The van der Waals surface area contributed by atoms with Gasteiger partial charge in [0.1, 0.15) is 11.6 Å². The van der Waals surface area contributed by atoms with Crippen molar-refractivity contribution >= 4 is 22.6 Å². The summed E-state index contributed by atoms with van der Waals surface area (Å²) < 4.78 is 26.4. The quantitative estimate of drug-likeness (QED) is 0.419. The highest BCUT2D eigenvalue weighted by Gasteiger charge is 2.19. The monoisotopic (exact) mass is 391 g/mol. The van der Waals surface area contributed by atoms with E-state index in [1.807, 2.05) is 30.5 Å². The summed E-state index contributed by atoms with van der Waals surface area (Å²) in [5.41, 5.74) is 3.38. The van der Waals surface area contributed by atoms with Gasteiger partial charge in [-0.25, -0.2) is 13.6 Å². The average molecular weight is 391 g/mol. The second-order valence-corrected chi connectivity index (χ2v) is 6.74. The van der Waals surface area contributed by atoms with Gasteiger partial charge in [-0.1, -0.05) is 30.3 Å². The molecule has 0 radical (unpaired) electrons. The third-order valence-electron chi connectivity index (χ3n) is 4.84. The molecule has 1 aromatic heterocycles. The molecule has 1 heterocycles. The van der Waals surface area contributed by atoms with Crippen LogP contribution >= 0.6 is 0 Å². The molecule has 4 nitrogen and oxygen atoms in total. The summed E-state index contributed by atoms with van der Waals surface area (Å²) in [5.74, 6) is -0.856. The van der Waals surface area contributed by atoms with Gasteiger partial charge >= 0.3 is 6.03 Å². The predicted octanol–water partition coefficient (Wildman–Crippen LogP) is 5.40. The van der Waals surface area contributed by atoms with Crippen molar-refractivity contribution in [2.24, 2.45) is 0 Å². The summed E-state index contributed by atoms with van der Waals surface area (Å²) in [6.07, 6.45) is 1.91. The molecule has 0 fully saturated rings. The number of halogens is 2. The molecule has 0 saturated heterocycles. The van der Waals surface area contributed by atoms with E-state index < -0.39 is 6.03 Å². The van der Waals surface area contributed by atoms with Gasteiger partial charge in [-0.2, -0.15) is 0 Å². The van der Waals surface area contributed by atoms with Crippen LogP contribution in [-0.4, -0.2) is 17.6 Å². The third-order valence-corrected chi connectivity index (χ3v) is 4.84. The highest BCUT2D eigenvalue weighted by atomic mass is 19.1. The van der Waals surface area contributed by atoms with Crippen LogP contribution in [0.25, 0.3) is 10.9 Å². The standard InChI is InChI=1S/C23H19F2N3O/c24-16-7-5-15(6-8-16)20(21-14-26-22-4-2-1-3-19(21)22)13-27-23(29)28-18-11-9-17(25)10-12-18/h1-12,14,20,26H,13H2,(H2,27,28,29). The van der Waals surface area contributed by atoms with Crippen molar-refractivity contribution in [1.29, 1.82) is 0 Å². The Labute approximate surface area is 166 Å². The van der Waals surface area contributed by atoms with Crippen LogP contribution in [0.1, 0.15) is 17.0 Å². The fourth-order valence-corrected chi connectivity index (χ4v) is 3.39. The predicted molar refractivity (Wildman–Crippen MR) is 110 cm³/mol. The minimum Gasteiger partial charge on any atom is -0.361 e. The van der Waals surface area contributed by atoms with Crippen molar-refractivity contribution in [2.45, 2.75) is 5.92 Å². The first kappa shape index (κ1) is 18.7. The molecule has 146 valence electrons. The zero-order valence-electron chi connectivity index (χ0n) is 15.5. The van der Waals surface area contributed by atoms with Crippen LogP contribution in [0.5, 0.6) is 0 Å². The van der Waals surface area contributed by atoms with E-state index in [1.54, 1.807) is 12.1 Å². The number of H-pyrrole nitrogens is 1. The lowest BCUT2D eigenvalue weighted by molar-refractivity contribution is 0.252. The normalized spacial score (nSPS) is 11.9. The molecule has 0 aliphatic carbocycles. The number of hydrogen-bond acceptors (Lipinski definition) is 1. The van der Waals surface area contributed by atoms with Gasteiger partial charge < -0.3 is 15.6 Å². The molecule has 2 amide bonds. The van der Waals surface area contributed by atoms with Crippen LogP contribution in [0.2, 0.25) is 0 Å². The molecular weight excluding hydrogens is 372 g/mol. The van der Waals surface area contributed by atoms with E-state index >= 15 is 0 Å². The number of carbonyl (C=O) groups is 1. The topological polar surface area (TPSA) is 56.9 Å². The fraction of sp³-hybridized carbons (Fsp3) is 0.0870. The van der Waals surface area contributed by atoms with E-state index in [-0.39, 0.29) is 17.6 Å². The van der Waals surface area contributed by atoms with Crippen LogP contribution in [0.4, 0.5) is 19.3 Å². The van der Waals surface area contributed by atoms with Crippen molar-refractivity contribution in [1.82, 2.24) is 10.3 Å². The van der Waals surface area contributed by atoms with Crippen LogP contribution in [0.15, 0.2) is 79.0 Å². The molecular formula is C23H19F2N3O. The van der Waals surface area contributed by atoms with Crippen LogP contribution in [0, 0.1) is 11.6 Å². The minimum absolute atomic E-state index is 0.175. The Morgan fingerprint density at radius 1 is 0.897 bits per heavy atom. The van der Waals surface area contributed by atoms with Gasteiger partial charge in [-0.3, -0.25) is 0 Å². The molecule has 0 saturated carbocycles. The number of para-hydroxylation sites is 1. The molecule has 0 aliphatic rings. The highest BCUT2D eigenvalue weighted by molar-refractivity contribution is 5.89. The number of anilines is 1. The van der Waals surface area contributed by atoms with E-state index in [4.69, 9.17) is 0 Å². The zero-order valence-corrected chi connectivity index (χ0v) is 15.5. The van der Waals surface area contributed by atoms with Crippen molar-refractivity contribution in [3.05, 3.63) is 102 Å². The summed E-state index contributed by atoms with van der Waals surface area (Å²) >= 11 is 0. The first-order chi connectivity index (χ1) is 14.1. The molecule has 0 bridgehead atoms. The molecule has 1 unspecified atom stereocenters. The second-order valence-electron chi connectivity index (χ2n) is 6.74. The number of aromatic amines is 1. The minimum atomic E-state index is -0.399. The van der Waals surface area contributed by atoms with Crippen LogP contribution in [0.3, 0.4) is 0 Å². The van der Waals surface area contributed by atoms with Gasteiger partial charge in [0.05, 0.1) is 0 Å². The number of nitrogens with one attached hydrogen (secondary N) is 3. The Morgan fingerprint density at radius 3 is 2.28 bits per heavy atom. The molecule has 4 rings (SSSR count). The van der Waals surface area contributed by atoms with Gasteiger partial charge in [0, 0.05) is 35.2 Å². The van der Waals surface area contributed by atoms with Gasteiger partial charge in [0.2, 0.25) is 0 Å². The van der Waals surface area contributed by atoms with E-state index in [1.165, 1.54) is 36.4 Å². The lowest BCUT2D eigenvalue weighted by atomic mass is 9.91. The first-order valence-corrected chi connectivity index (χ1v) is 9.22. The Bertz CT molecular complexity index is 1120. The summed E-state index contributed by atoms with van der Waals surface area (Å²) in [6.45, 7) is 0.306. The SMILES string of the molecule is O=C(NCC(c1ccc(F)cc1)c1c[nH]c2ccccc12)Nc1ccc(F)cc1. The number of urea groups is 1. The number of fused-ring (bicyclic) bond motifs is 1. The molecule has 1 atom stereocenters. The largest absolute Gasteiger partial charge is 0.361 e. The first-order valence-electron chi connectivity index (χ1n) is 9.22. The van der Waals surface area contributed by atoms with Crippen LogP contribution in [-0.2, 0) is 0 Å². The summed E-state index contributed by atoms with van der Waals surface area (Å²) in [4.78, 5) is 15.6. The Morgan fingerprint density at radius 2 is 1.55 bits per heavy atom. The van der Waals surface area contributed by atoms with E-state index in [9.17, 15) is 13.6 Å². The lowest BCUT2D eigenvalue weighted by Crippen LogP contribution is -2.32. The van der Waals surface area contributed by atoms with Gasteiger partial charge in [0.25, 0.3) is 0 Å². The third kappa shape index (κ3) is 4.27. The Balaban J connectivity index is 1.56. The number of carbonyl (C=O) groups excluding carboxylic acids is 1. The van der Waals surface area contributed by atoms with Crippen molar-refractivity contribution < 1.29 is 13.6 Å². The van der Waals surface area contributed by atoms with Gasteiger partial charge in [0.15, 0.2) is 0 Å². The van der Waals surface area contributed by atoms with Crippen LogP contribution < -0.4 is 10.6 Å². The molecule has 0 aliphatic heterocycles. The maximum atomic E-state index is 13.4. The van der Waals surface area contributed by atoms with Gasteiger partial charge in [-0.05, 0) is 53.6 Å². The molecule has 6 heteroatoms. The molecule has 4 aromatic rings. The summed E-state index contributed by atoms with van der Waals surface area (Å²) in [7, 11) is 0. The number of aromatic nitrogens is 1. The van der Waals surface area contributed by atoms with Gasteiger partial charge in [-0.15, -0.1) is 0 Å². The fourth-order valence-electron chi connectivity index (χ4n) is 3.39. The Kier molecular flexibility index (Phi) is 5.24. The number of amides is 2. The highest BCUT2D eigenvalue weighted by Crippen LogP contribution is 2.30. The zero-order chi connectivity index (χ0) is 20.2. The lowest BCUT2D eigenvalue weighted by Gasteiger charge is -2.18. The summed E-state index contributed by atoms with van der Waals surface area (Å²) in [6, 6.07) is 19.3. The molecule has 3 aromatic carbocycles. The summed E-state index contributed by atoms with van der Waals surface area (Å²) in [5, 5.41) is 6.59. The molecule has 3 N–H and O–H groups in total. The molecule has 29 heavy (non-hydrogen) atoms. The maximum Gasteiger partial charge on any atom is 0.319 e. The van der Waals surface area contributed by atoms with Crippen molar-refractivity contribution in [2.75, 3.05) is 11.9 Å². The van der Waals surface area contributed by atoms with E-state index in [0.29, 0.717) is 12.2 Å². The Hall–Kier alpha value is -3.67. The van der Waals surface area contributed by atoms with E-state index in [0.717, 1.165) is 22.0 Å². The maximum absolute atomic E-state index is 13.4. The second kappa shape index (κ2) is 8.14. The number of benzene rings is 3. The van der Waals surface area contributed by atoms with Crippen molar-refractivity contribution in [3.63, 3.8) is 0 Å².